The molecule has 0 aromatic rings. The topological polar surface area (TPSA) is 113 Å². The van der Waals surface area contributed by atoms with Crippen LogP contribution in [0.4, 0.5) is 0 Å². The standard InChI is InChI=1S/C58H107NO9/c1-5-9-13-17-21-27-37-51-65-57(66-52-38-28-22-18-14-10-6-2)43-41-55(61)63-49-35-31-25-33-45-59(47-48-60)46-34-26-32-36-50-64-56(62)42-44-58(67-53-39-29-23-19-15-11-7-3)68-54-40-30-24-20-16-12-8-4/h9-16,57-58,60H,5-8,17-54H2,1-4H3/b13-9-,14-10-,15-11-,16-12-. The Balaban J connectivity index is 4.29. The average Bonchev–Trinajstić information content (AvgIpc) is 3.34. The largest absolute Gasteiger partial charge is 0.466 e. The van der Waals surface area contributed by atoms with Crippen LogP contribution in [-0.2, 0) is 38.0 Å². The van der Waals surface area contributed by atoms with Crippen LogP contribution in [0.1, 0.15) is 233 Å². The van der Waals surface area contributed by atoms with Crippen LogP contribution in [0.15, 0.2) is 48.6 Å². The van der Waals surface area contributed by atoms with Gasteiger partial charge in [0.25, 0.3) is 0 Å². The number of rotatable bonds is 54. The fraction of sp³-hybridized carbons (Fsp3) is 0.828. The maximum atomic E-state index is 12.6. The first kappa shape index (κ1) is 65.7. The van der Waals surface area contributed by atoms with Crippen molar-refractivity contribution in [3.8, 4) is 0 Å². The van der Waals surface area contributed by atoms with E-state index in [4.69, 9.17) is 28.4 Å². The highest BCUT2D eigenvalue weighted by atomic mass is 16.7. The summed E-state index contributed by atoms with van der Waals surface area (Å²) in [5.74, 6) is -0.362. The lowest BCUT2D eigenvalue weighted by atomic mass is 10.1. The van der Waals surface area contributed by atoms with Gasteiger partial charge in [-0.3, -0.25) is 9.59 Å². The predicted molar refractivity (Wildman–Crippen MR) is 284 cm³/mol. The first-order valence-electron chi connectivity index (χ1n) is 28.2. The maximum Gasteiger partial charge on any atom is 0.305 e. The van der Waals surface area contributed by atoms with Crippen LogP contribution in [0.25, 0.3) is 0 Å². The van der Waals surface area contributed by atoms with E-state index in [-0.39, 0.29) is 31.1 Å². The minimum Gasteiger partial charge on any atom is -0.466 e. The van der Waals surface area contributed by atoms with Gasteiger partial charge in [0, 0.05) is 45.8 Å². The molecule has 0 aromatic heterocycles. The van der Waals surface area contributed by atoms with E-state index >= 15 is 0 Å². The molecule has 10 heteroatoms. The van der Waals surface area contributed by atoms with Gasteiger partial charge in [-0.1, -0.05) is 128 Å². The van der Waals surface area contributed by atoms with E-state index in [1.54, 1.807) is 0 Å². The van der Waals surface area contributed by atoms with Gasteiger partial charge in [-0.2, -0.15) is 0 Å². The van der Waals surface area contributed by atoms with Crippen molar-refractivity contribution in [1.29, 1.82) is 0 Å². The molecule has 0 saturated heterocycles. The molecule has 0 aliphatic rings. The summed E-state index contributed by atoms with van der Waals surface area (Å²) in [5.41, 5.74) is 0. The number of carbonyl (C=O) groups excluding carboxylic acids is 2. The molecule has 0 bridgehead atoms. The molecule has 0 atom stereocenters. The van der Waals surface area contributed by atoms with Crippen molar-refractivity contribution in [3.05, 3.63) is 48.6 Å². The van der Waals surface area contributed by atoms with E-state index in [0.29, 0.717) is 71.9 Å². The first-order valence-corrected chi connectivity index (χ1v) is 28.2. The second-order valence-electron chi connectivity index (χ2n) is 18.2. The Morgan fingerprint density at radius 3 is 0.985 bits per heavy atom. The summed E-state index contributed by atoms with van der Waals surface area (Å²) in [7, 11) is 0. The van der Waals surface area contributed by atoms with E-state index in [2.05, 4.69) is 81.2 Å². The number of aliphatic hydroxyl groups is 1. The minimum atomic E-state index is -0.365. The third kappa shape index (κ3) is 50.1. The molecule has 0 saturated carbocycles. The molecular weight excluding hydrogens is 855 g/mol. The van der Waals surface area contributed by atoms with Crippen molar-refractivity contribution < 1.29 is 43.1 Å². The second kappa shape index (κ2) is 55.6. The smallest absolute Gasteiger partial charge is 0.305 e. The number of hydrogen-bond donors (Lipinski definition) is 1. The van der Waals surface area contributed by atoms with Crippen LogP contribution >= 0.6 is 0 Å². The quantitative estimate of drug-likeness (QED) is 0.0274. The Morgan fingerprint density at radius 2 is 0.676 bits per heavy atom. The number of allylic oxidation sites excluding steroid dienone is 8. The molecule has 0 aromatic carbocycles. The van der Waals surface area contributed by atoms with Crippen LogP contribution < -0.4 is 0 Å². The van der Waals surface area contributed by atoms with Gasteiger partial charge in [0.1, 0.15) is 0 Å². The van der Waals surface area contributed by atoms with Gasteiger partial charge < -0.3 is 38.4 Å². The molecule has 0 rings (SSSR count). The highest BCUT2D eigenvalue weighted by molar-refractivity contribution is 5.69. The van der Waals surface area contributed by atoms with Crippen molar-refractivity contribution in [2.24, 2.45) is 0 Å². The lowest BCUT2D eigenvalue weighted by Gasteiger charge is -2.21. The predicted octanol–water partition coefficient (Wildman–Crippen LogP) is 14.9. The third-order valence-electron chi connectivity index (χ3n) is 11.7. The van der Waals surface area contributed by atoms with Gasteiger partial charge in [-0.25, -0.2) is 0 Å². The SMILES string of the molecule is CC/C=C\CCCCCOC(CCC(=O)OCCCCCCN(CCO)CCCCCCOC(=O)CCC(OCCCCC/C=C\CC)OCCCCC/C=C\CC)OCCCCC/C=C\CC. The van der Waals surface area contributed by atoms with Gasteiger partial charge >= 0.3 is 11.9 Å². The monoisotopic (exact) mass is 962 g/mol. The number of esters is 2. The molecule has 398 valence electrons. The Labute approximate surface area is 418 Å². The molecule has 10 nitrogen and oxygen atoms in total. The molecule has 1 N–H and O–H groups in total. The Hall–Kier alpha value is -2.34. The molecule has 0 fully saturated rings. The number of aliphatic hydroxyl groups excluding tert-OH is 1. The number of hydrogen-bond acceptors (Lipinski definition) is 10. The Kier molecular flexibility index (Phi) is 53.7. The minimum absolute atomic E-state index is 0.154. The summed E-state index contributed by atoms with van der Waals surface area (Å²) in [6, 6.07) is 0. The molecule has 0 heterocycles. The fourth-order valence-electron chi connectivity index (χ4n) is 7.64. The molecular formula is C58H107NO9. The van der Waals surface area contributed by atoms with E-state index in [9.17, 15) is 14.7 Å². The highest BCUT2D eigenvalue weighted by Crippen LogP contribution is 2.14. The Morgan fingerprint density at radius 1 is 0.382 bits per heavy atom. The molecule has 68 heavy (non-hydrogen) atoms. The van der Waals surface area contributed by atoms with Gasteiger partial charge in [-0.05, 0) is 142 Å². The van der Waals surface area contributed by atoms with Crippen LogP contribution in [0.5, 0.6) is 0 Å². The normalized spacial score (nSPS) is 12.2. The second-order valence-corrected chi connectivity index (χ2v) is 18.2. The summed E-state index contributed by atoms with van der Waals surface area (Å²) in [6.45, 7) is 14.9. The van der Waals surface area contributed by atoms with Crippen LogP contribution in [-0.4, -0.2) is 100 Å². The van der Waals surface area contributed by atoms with Crippen molar-refractivity contribution in [2.75, 3.05) is 65.9 Å². The average molecular weight is 962 g/mol. The zero-order valence-corrected chi connectivity index (χ0v) is 44.6. The molecule has 0 spiro atoms. The summed E-state index contributed by atoms with van der Waals surface area (Å²) in [4.78, 5) is 27.5. The molecule has 0 aliphatic heterocycles. The lowest BCUT2D eigenvalue weighted by Crippen LogP contribution is -2.29. The van der Waals surface area contributed by atoms with Gasteiger partial charge in [-0.15, -0.1) is 0 Å². The highest BCUT2D eigenvalue weighted by Gasteiger charge is 2.15. The maximum absolute atomic E-state index is 12.6. The first-order chi connectivity index (χ1) is 33.5. The lowest BCUT2D eigenvalue weighted by molar-refractivity contribution is -0.159. The molecule has 0 radical (unpaired) electrons. The summed E-state index contributed by atoms with van der Waals surface area (Å²) >= 11 is 0. The van der Waals surface area contributed by atoms with Crippen molar-refractivity contribution >= 4 is 11.9 Å². The Bertz CT molecular complexity index is 1040. The fourth-order valence-corrected chi connectivity index (χ4v) is 7.64. The number of unbranched alkanes of at least 4 members (excludes halogenated alkanes) is 18. The number of nitrogens with zero attached hydrogens (tertiary/aromatic N) is 1. The molecule has 0 amide bonds. The van der Waals surface area contributed by atoms with Crippen LogP contribution in [0, 0.1) is 0 Å². The van der Waals surface area contributed by atoms with Crippen molar-refractivity contribution in [2.45, 2.75) is 246 Å². The number of carbonyl (C=O) groups is 2. The zero-order chi connectivity index (χ0) is 49.5. The van der Waals surface area contributed by atoms with Gasteiger partial charge in [0.2, 0.25) is 0 Å². The van der Waals surface area contributed by atoms with E-state index in [0.717, 1.165) is 167 Å². The summed E-state index contributed by atoms with van der Waals surface area (Å²) < 4.78 is 35.5. The third-order valence-corrected chi connectivity index (χ3v) is 11.7. The van der Waals surface area contributed by atoms with E-state index in [1.165, 1.54) is 25.7 Å². The summed E-state index contributed by atoms with van der Waals surface area (Å²) in [5, 5.41) is 9.65. The van der Waals surface area contributed by atoms with Crippen LogP contribution in [0.2, 0.25) is 0 Å². The van der Waals surface area contributed by atoms with E-state index in [1.807, 2.05) is 0 Å². The zero-order valence-electron chi connectivity index (χ0n) is 44.6. The van der Waals surface area contributed by atoms with Crippen LogP contribution in [0.3, 0.4) is 0 Å². The van der Waals surface area contributed by atoms with Gasteiger partial charge in [0.05, 0.1) is 32.7 Å². The number of ether oxygens (including phenoxy) is 6. The van der Waals surface area contributed by atoms with Crippen molar-refractivity contribution in [3.63, 3.8) is 0 Å². The summed E-state index contributed by atoms with van der Waals surface area (Å²) in [6.07, 6.45) is 48.8. The van der Waals surface area contributed by atoms with E-state index < -0.39 is 0 Å². The van der Waals surface area contributed by atoms with Gasteiger partial charge in [0.15, 0.2) is 12.6 Å². The molecule has 0 unspecified atom stereocenters. The van der Waals surface area contributed by atoms with Crippen molar-refractivity contribution in [1.82, 2.24) is 4.90 Å². The molecule has 0 aliphatic carbocycles.